The zero-order chi connectivity index (χ0) is 53.1. The summed E-state index contributed by atoms with van der Waals surface area (Å²) < 4.78 is 86.2. The number of hydrogen-bond donors (Lipinski definition) is 8. The first-order valence-electron chi connectivity index (χ1n) is 24.1. The number of unbranched alkanes of at least 4 members (excludes halogenated alkanes) is 4. The van der Waals surface area contributed by atoms with Gasteiger partial charge in [0, 0.05) is 63.4 Å². The van der Waals surface area contributed by atoms with Crippen LogP contribution in [0.4, 0.5) is 24.9 Å². The van der Waals surface area contributed by atoms with E-state index < -0.39 is 74.4 Å². The molecule has 2 fully saturated rings. The molecule has 3 aromatic rings. The topological polar surface area (TPSA) is 336 Å². The van der Waals surface area contributed by atoms with Crippen molar-refractivity contribution in [1.29, 1.82) is 0 Å². The Kier molecular flexibility index (Phi) is 21.4. The Morgan fingerprint density at radius 1 is 0.892 bits per heavy atom. The SMILES string of the molecule is C#CCCCC(=O)NCCCOCCOCCOCCCNC(=O)C(CC(=O)NCCCCCCNc1nc(N)c2ncn(C3OC4COP(=O)(O)OC4C3O)c2n1)NC(=O)c1ccc(C2(C(F)(F)F)N=N2)cc1. The number of aromatic nitrogens is 4. The number of phosphoric ester groups is 1. The summed E-state index contributed by atoms with van der Waals surface area (Å²) in [7, 11) is -4.34. The molecule has 0 bridgehead atoms. The molecule has 6 rings (SSSR count). The van der Waals surface area contributed by atoms with Crippen molar-refractivity contribution in [2.45, 2.75) is 107 Å². The van der Waals surface area contributed by atoms with Crippen LogP contribution in [0.3, 0.4) is 0 Å². The number of aliphatic hydroxyl groups excluding tert-OH is 1. The van der Waals surface area contributed by atoms with Gasteiger partial charge in [0.1, 0.15) is 29.9 Å². The number of aliphatic hydroxyl groups is 1. The number of halogens is 3. The molecule has 0 saturated carbocycles. The van der Waals surface area contributed by atoms with Crippen molar-refractivity contribution in [3.63, 3.8) is 0 Å². The maximum Gasteiger partial charge on any atom is 0.472 e. The van der Waals surface area contributed by atoms with E-state index in [4.69, 9.17) is 40.2 Å². The fraction of sp³-hybridized carbons (Fsp3) is 0.622. The first kappa shape index (κ1) is 57.4. The van der Waals surface area contributed by atoms with Gasteiger partial charge in [-0.1, -0.05) is 25.0 Å². The molecule has 74 heavy (non-hydrogen) atoms. The molecule has 25 nitrogen and oxygen atoms in total. The Bertz CT molecular complexity index is 2480. The van der Waals surface area contributed by atoms with E-state index in [2.05, 4.69) is 57.7 Å². The Morgan fingerprint density at radius 3 is 2.19 bits per heavy atom. The average molecular weight is 1070 g/mol. The van der Waals surface area contributed by atoms with Crippen LogP contribution >= 0.6 is 7.82 Å². The fourth-order valence-electron chi connectivity index (χ4n) is 7.70. The Labute approximate surface area is 423 Å². The summed E-state index contributed by atoms with van der Waals surface area (Å²) in [6, 6.07) is 3.14. The van der Waals surface area contributed by atoms with Crippen molar-refractivity contribution in [2.24, 2.45) is 10.2 Å². The van der Waals surface area contributed by atoms with Gasteiger partial charge in [0.05, 0.1) is 45.8 Å². The quantitative estimate of drug-likeness (QED) is 0.0253. The highest BCUT2D eigenvalue weighted by Crippen LogP contribution is 2.53. The lowest BCUT2D eigenvalue weighted by Gasteiger charge is -2.27. The number of amides is 4. The first-order valence-corrected chi connectivity index (χ1v) is 25.6. The van der Waals surface area contributed by atoms with Crippen LogP contribution in [0.2, 0.25) is 0 Å². The number of alkyl halides is 3. The molecule has 2 aromatic heterocycles. The van der Waals surface area contributed by atoms with E-state index in [1.165, 1.54) is 10.9 Å². The maximum atomic E-state index is 13.5. The lowest BCUT2D eigenvalue weighted by Crippen LogP contribution is -2.49. The second-order valence-electron chi connectivity index (χ2n) is 17.3. The van der Waals surface area contributed by atoms with Gasteiger partial charge >= 0.3 is 19.7 Å². The summed E-state index contributed by atoms with van der Waals surface area (Å²) in [4.78, 5) is 74.1. The van der Waals surface area contributed by atoms with Crippen molar-refractivity contribution in [1.82, 2.24) is 40.8 Å². The lowest BCUT2D eigenvalue weighted by atomic mass is 10.0. The van der Waals surface area contributed by atoms with E-state index in [0.717, 1.165) is 30.7 Å². The number of carbonyl (C=O) groups excluding carboxylic acids is 4. The number of ether oxygens (including phenoxy) is 4. The maximum absolute atomic E-state index is 13.5. The van der Waals surface area contributed by atoms with Crippen LogP contribution < -0.4 is 32.3 Å². The predicted molar refractivity (Wildman–Crippen MR) is 256 cm³/mol. The van der Waals surface area contributed by atoms with Gasteiger partial charge in [-0.2, -0.15) is 23.1 Å². The van der Waals surface area contributed by atoms with E-state index >= 15 is 0 Å². The van der Waals surface area contributed by atoms with Crippen LogP contribution in [0, 0.1) is 12.3 Å². The van der Waals surface area contributed by atoms with Crippen LogP contribution in [0.25, 0.3) is 11.2 Å². The fourth-order valence-corrected chi connectivity index (χ4v) is 8.66. The molecule has 406 valence electrons. The van der Waals surface area contributed by atoms with Crippen molar-refractivity contribution in [3.8, 4) is 12.3 Å². The van der Waals surface area contributed by atoms with Crippen molar-refractivity contribution in [3.05, 3.63) is 41.7 Å². The summed E-state index contributed by atoms with van der Waals surface area (Å²) in [5, 5.41) is 31.1. The molecule has 3 aliphatic heterocycles. The molecule has 6 unspecified atom stereocenters. The second kappa shape index (κ2) is 27.6. The third kappa shape index (κ3) is 16.6. The Balaban J connectivity index is 0.877. The van der Waals surface area contributed by atoms with E-state index in [0.29, 0.717) is 90.9 Å². The number of carbonyl (C=O) groups is 4. The normalized spacial score (nSPS) is 21.1. The molecule has 2 saturated heterocycles. The zero-order valence-electron chi connectivity index (χ0n) is 40.4. The van der Waals surface area contributed by atoms with Gasteiger partial charge in [-0.3, -0.25) is 32.8 Å². The molecule has 6 atom stereocenters. The molecule has 0 aliphatic carbocycles. The van der Waals surface area contributed by atoms with Crippen LogP contribution in [0.5, 0.6) is 0 Å². The summed E-state index contributed by atoms with van der Waals surface area (Å²) in [6.07, 6.45) is 2.38. The molecular weight excluding hydrogens is 1000 g/mol. The molecule has 3 aliphatic rings. The minimum absolute atomic E-state index is 0.0387. The standard InChI is InChI=1S/C45H62F3N12O13P/c1-2-3-6-11-33(61)50-18-9-20-68-22-24-70-25-23-69-21-10-19-52-41(65)31(55-40(64)29-12-14-30(15-13-29)44(58-59-44)45(46,47)48)26-34(62)51-16-7-4-5-8-17-53-43-56-38(49)35-39(57-43)60(28-54-35)42-36(63)37-32(72-42)27-71-74(66,67)73-37/h1,12-15,28,31-32,36-37,42,63H,3-11,16-27H2,(H,50,61)(H,51,62)(H,52,65)(H,55,64)(H,66,67)(H3,49,53,56,57). The monoisotopic (exact) mass is 1070 g/mol. The second-order valence-corrected chi connectivity index (χ2v) is 18.7. The largest absolute Gasteiger partial charge is 0.472 e. The first-order chi connectivity index (χ1) is 35.5. The molecule has 29 heteroatoms. The van der Waals surface area contributed by atoms with Gasteiger partial charge in [-0.05, 0) is 44.2 Å². The number of imidazole rings is 1. The number of nitrogens with one attached hydrogen (secondary N) is 5. The number of terminal acetylenes is 1. The van der Waals surface area contributed by atoms with Crippen LogP contribution in [-0.4, -0.2) is 156 Å². The number of nitrogen functional groups attached to an aromatic ring is 1. The molecule has 0 radical (unpaired) electrons. The van der Waals surface area contributed by atoms with E-state index in [-0.39, 0.29) is 72.9 Å². The number of rotatable bonds is 32. The molecule has 9 N–H and O–H groups in total. The minimum atomic E-state index is -4.76. The van der Waals surface area contributed by atoms with Gasteiger partial charge in [0.2, 0.25) is 23.7 Å². The molecule has 0 spiro atoms. The van der Waals surface area contributed by atoms with Crippen molar-refractivity contribution < 1.29 is 74.9 Å². The number of phosphoric acid groups is 1. The Morgan fingerprint density at radius 2 is 1.53 bits per heavy atom. The number of anilines is 2. The zero-order valence-corrected chi connectivity index (χ0v) is 41.3. The van der Waals surface area contributed by atoms with Gasteiger partial charge in [-0.15, -0.1) is 22.6 Å². The summed E-state index contributed by atoms with van der Waals surface area (Å²) in [5.74, 6) is 0.741. The summed E-state index contributed by atoms with van der Waals surface area (Å²) in [6.45, 7) is 3.17. The van der Waals surface area contributed by atoms with Gasteiger partial charge in [0.25, 0.3) is 5.91 Å². The van der Waals surface area contributed by atoms with Crippen LogP contribution in [0.1, 0.15) is 86.4 Å². The molecule has 5 heterocycles. The Hall–Kier alpha value is -5.89. The number of nitrogens with two attached hydrogens (primary N) is 1. The van der Waals surface area contributed by atoms with Crippen LogP contribution in [0.15, 0.2) is 40.8 Å². The van der Waals surface area contributed by atoms with Crippen LogP contribution in [-0.2, 0) is 52.6 Å². The van der Waals surface area contributed by atoms with Crippen molar-refractivity contribution >= 4 is 54.4 Å². The third-order valence-corrected chi connectivity index (χ3v) is 12.7. The smallest absolute Gasteiger partial charge is 0.386 e. The predicted octanol–water partition coefficient (Wildman–Crippen LogP) is 2.51. The third-order valence-electron chi connectivity index (χ3n) is 11.7. The van der Waals surface area contributed by atoms with E-state index in [1.807, 2.05) is 0 Å². The molecule has 1 aromatic carbocycles. The lowest BCUT2D eigenvalue weighted by molar-refractivity contribution is -0.166. The molecular formula is C45H62F3N12O13P. The van der Waals surface area contributed by atoms with Gasteiger partial charge in [-0.25, -0.2) is 9.55 Å². The summed E-state index contributed by atoms with van der Waals surface area (Å²) in [5.41, 5.74) is 3.65. The highest BCUT2D eigenvalue weighted by molar-refractivity contribution is 7.47. The highest BCUT2D eigenvalue weighted by Gasteiger charge is 2.65. The number of fused-ring (bicyclic) bond motifs is 2. The number of nitrogens with zero attached hydrogens (tertiary/aromatic N) is 6. The van der Waals surface area contributed by atoms with E-state index in [9.17, 15) is 46.9 Å². The summed E-state index contributed by atoms with van der Waals surface area (Å²) >= 11 is 0. The van der Waals surface area contributed by atoms with Gasteiger partial charge < -0.3 is 61.3 Å². The van der Waals surface area contributed by atoms with E-state index in [1.54, 1.807) is 0 Å². The minimum Gasteiger partial charge on any atom is -0.386 e. The van der Waals surface area contributed by atoms with Gasteiger partial charge in [0.15, 0.2) is 17.7 Å². The average Bonchev–Trinajstić information content (AvgIpc) is 4.00. The number of hydrogen-bond acceptors (Lipinski definition) is 19. The molecule has 4 amide bonds. The van der Waals surface area contributed by atoms with Crippen molar-refractivity contribution in [2.75, 3.05) is 83.5 Å². The highest BCUT2D eigenvalue weighted by atomic mass is 31.2. The number of benzene rings is 1.